The maximum absolute atomic E-state index is 14.0. The largest absolute Gasteiger partial charge is 0.478 e. The molecule has 4 rings (SSSR count). The van der Waals surface area contributed by atoms with Crippen molar-refractivity contribution < 1.29 is 22.7 Å². The smallest absolute Gasteiger partial charge is 0.340 e. The number of nitrogens with one attached hydrogen (secondary N) is 1. The molecule has 0 radical (unpaired) electrons. The lowest BCUT2D eigenvalue weighted by Crippen LogP contribution is -2.22. The zero-order chi connectivity index (χ0) is 24.5. The van der Waals surface area contributed by atoms with Gasteiger partial charge in [-0.05, 0) is 61.8 Å². The van der Waals surface area contributed by atoms with Crippen molar-refractivity contribution in [2.45, 2.75) is 38.1 Å². The average molecular weight is 486 g/mol. The summed E-state index contributed by atoms with van der Waals surface area (Å²) in [4.78, 5) is 14.2. The molecule has 0 unspecified atom stereocenters. The summed E-state index contributed by atoms with van der Waals surface area (Å²) < 4.78 is 45.1. The number of carboxylic acid groups (broad SMARTS) is 1. The van der Waals surface area contributed by atoms with Gasteiger partial charge in [0.05, 0.1) is 16.1 Å². The predicted octanol–water partition coefficient (Wildman–Crippen LogP) is 4.58. The number of halogens is 1. The van der Waals surface area contributed by atoms with Gasteiger partial charge in [0.2, 0.25) is 0 Å². The highest BCUT2D eigenvalue weighted by Crippen LogP contribution is 2.34. The van der Waals surface area contributed by atoms with Crippen LogP contribution in [0.5, 0.6) is 0 Å². The number of carbonyl (C=O) groups is 1. The number of hydrogen-bond acceptors (Lipinski definition) is 4. The number of hydrogen-bond donors (Lipinski definition) is 2. The number of nitrogens with zero attached hydrogens (tertiary/aromatic N) is 2. The number of carboxylic acids is 1. The molecule has 34 heavy (non-hydrogen) atoms. The summed E-state index contributed by atoms with van der Waals surface area (Å²) in [5, 5.41) is 10.7. The van der Waals surface area contributed by atoms with Crippen molar-refractivity contribution in [1.82, 2.24) is 9.47 Å². The molecule has 2 N–H and O–H groups in total. The predicted molar refractivity (Wildman–Crippen MR) is 131 cm³/mol. The fourth-order valence-electron chi connectivity index (χ4n) is 4.50. The molecule has 0 fully saturated rings. The van der Waals surface area contributed by atoms with Crippen molar-refractivity contribution in [1.29, 1.82) is 0 Å². The number of benzene rings is 2. The molecule has 2 heterocycles. The fraction of sp³-hybridized carbons (Fsp3) is 0.320. The molecule has 7 nitrogen and oxygen atoms in total. The molecule has 1 aliphatic rings. The lowest BCUT2D eigenvalue weighted by molar-refractivity contribution is 0.0699. The molecule has 1 aromatic heterocycles. The molecule has 0 aliphatic carbocycles. The van der Waals surface area contributed by atoms with Crippen LogP contribution < -0.4 is 4.72 Å². The van der Waals surface area contributed by atoms with Crippen molar-refractivity contribution in [3.8, 4) is 0 Å². The lowest BCUT2D eigenvalue weighted by atomic mass is 10.1. The topological polar surface area (TPSA) is 91.6 Å². The SMILES string of the molecule is CCN(CC)CC=Cc1cc(F)ccc1S(=O)(=O)Nc1ccc2cc3n(c2c1C(=O)O)CCC3. The third kappa shape index (κ3) is 4.58. The second-order valence-corrected chi connectivity index (χ2v) is 9.95. The van der Waals surface area contributed by atoms with Gasteiger partial charge in [-0.2, -0.15) is 0 Å². The van der Waals surface area contributed by atoms with E-state index in [9.17, 15) is 22.7 Å². The Bertz CT molecular complexity index is 1370. The molecule has 9 heteroatoms. The van der Waals surface area contributed by atoms with Gasteiger partial charge in [0.15, 0.2) is 0 Å². The van der Waals surface area contributed by atoms with Gasteiger partial charge < -0.3 is 14.6 Å². The van der Waals surface area contributed by atoms with E-state index in [1.54, 1.807) is 18.2 Å². The van der Waals surface area contributed by atoms with Crippen LogP contribution in [-0.2, 0) is 23.0 Å². The minimum Gasteiger partial charge on any atom is -0.478 e. The van der Waals surface area contributed by atoms with Gasteiger partial charge in [-0.25, -0.2) is 17.6 Å². The van der Waals surface area contributed by atoms with Gasteiger partial charge in [0, 0.05) is 24.2 Å². The Hall–Kier alpha value is -3.17. The summed E-state index contributed by atoms with van der Waals surface area (Å²) >= 11 is 0. The van der Waals surface area contributed by atoms with E-state index in [4.69, 9.17) is 0 Å². The van der Waals surface area contributed by atoms with E-state index in [-0.39, 0.29) is 21.7 Å². The van der Waals surface area contributed by atoms with E-state index >= 15 is 0 Å². The minimum atomic E-state index is -4.20. The lowest BCUT2D eigenvalue weighted by Gasteiger charge is -2.16. The van der Waals surface area contributed by atoms with Crippen molar-refractivity contribution in [2.75, 3.05) is 24.4 Å². The number of aromatic nitrogens is 1. The number of aromatic carboxylic acids is 1. The van der Waals surface area contributed by atoms with Crippen LogP contribution in [0.2, 0.25) is 0 Å². The Balaban J connectivity index is 1.74. The van der Waals surface area contributed by atoms with Crippen LogP contribution >= 0.6 is 0 Å². The molecule has 180 valence electrons. The molecule has 0 saturated carbocycles. The van der Waals surface area contributed by atoms with Crippen LogP contribution in [0, 0.1) is 5.82 Å². The molecule has 0 atom stereocenters. The van der Waals surface area contributed by atoms with Crippen molar-refractivity contribution in [3.05, 3.63) is 65.1 Å². The Morgan fingerprint density at radius 2 is 1.97 bits per heavy atom. The van der Waals surface area contributed by atoms with Crippen LogP contribution in [0.3, 0.4) is 0 Å². The Labute approximate surface area is 198 Å². The first-order chi connectivity index (χ1) is 16.2. The number of likely N-dealkylation sites (N-methyl/N-ethyl adjacent to an activating group) is 1. The quantitative estimate of drug-likeness (QED) is 0.463. The van der Waals surface area contributed by atoms with E-state index < -0.39 is 21.8 Å². The minimum absolute atomic E-state index is 0.0183. The highest BCUT2D eigenvalue weighted by atomic mass is 32.2. The summed E-state index contributed by atoms with van der Waals surface area (Å²) in [5.74, 6) is -1.77. The highest BCUT2D eigenvalue weighted by molar-refractivity contribution is 7.92. The summed E-state index contributed by atoms with van der Waals surface area (Å²) in [7, 11) is -4.20. The van der Waals surface area contributed by atoms with Gasteiger partial charge in [-0.1, -0.05) is 32.1 Å². The molecule has 0 saturated heterocycles. The van der Waals surface area contributed by atoms with Gasteiger partial charge >= 0.3 is 5.97 Å². The van der Waals surface area contributed by atoms with E-state index in [1.807, 2.05) is 24.5 Å². The molecule has 0 amide bonds. The molecular weight excluding hydrogens is 457 g/mol. The molecule has 0 bridgehead atoms. The first kappa shape index (κ1) is 24.0. The van der Waals surface area contributed by atoms with Gasteiger partial charge in [0.1, 0.15) is 11.4 Å². The molecule has 1 aliphatic heterocycles. The van der Waals surface area contributed by atoms with Gasteiger partial charge in [0.25, 0.3) is 10.0 Å². The second-order valence-electron chi connectivity index (χ2n) is 8.30. The van der Waals surface area contributed by atoms with Gasteiger partial charge in [-0.15, -0.1) is 0 Å². The first-order valence-electron chi connectivity index (χ1n) is 11.3. The maximum Gasteiger partial charge on any atom is 0.340 e. The maximum atomic E-state index is 14.0. The van der Waals surface area contributed by atoms with Crippen molar-refractivity contribution in [2.24, 2.45) is 0 Å². The Morgan fingerprint density at radius 3 is 2.68 bits per heavy atom. The Morgan fingerprint density at radius 1 is 1.21 bits per heavy atom. The Kier molecular flexibility index (Phi) is 6.77. The third-order valence-corrected chi connectivity index (χ3v) is 7.68. The summed E-state index contributed by atoms with van der Waals surface area (Å²) in [6.07, 6.45) is 5.14. The number of sulfonamides is 1. The van der Waals surface area contributed by atoms with E-state index in [1.165, 1.54) is 12.1 Å². The molecular formula is C25H28FN3O4S. The zero-order valence-electron chi connectivity index (χ0n) is 19.2. The number of rotatable bonds is 9. The number of fused-ring (bicyclic) bond motifs is 3. The van der Waals surface area contributed by atoms with Crippen LogP contribution in [0.25, 0.3) is 17.0 Å². The van der Waals surface area contributed by atoms with E-state index in [0.717, 1.165) is 49.1 Å². The first-order valence-corrected chi connectivity index (χ1v) is 12.8. The third-order valence-electron chi connectivity index (χ3n) is 6.24. The van der Waals surface area contributed by atoms with Crippen LogP contribution in [0.1, 0.15) is 41.9 Å². The van der Waals surface area contributed by atoms with E-state index in [0.29, 0.717) is 18.6 Å². The van der Waals surface area contributed by atoms with Crippen LogP contribution in [0.15, 0.2) is 47.4 Å². The number of aryl methyl sites for hydroxylation is 2. The fourth-order valence-corrected chi connectivity index (χ4v) is 5.76. The standard InChI is InChI=1S/C25H28FN3O4S/c1-3-28(4-2)13-5-7-17-15-19(26)10-12-22(17)34(32,33)27-21-11-9-18-16-20-8-6-14-29(20)24(18)23(21)25(30)31/h5,7,9-12,15-16,27H,3-4,6,8,13-14H2,1-2H3,(H,30,31). The summed E-state index contributed by atoms with van der Waals surface area (Å²) in [6.45, 7) is 7.00. The zero-order valence-corrected chi connectivity index (χ0v) is 20.0. The van der Waals surface area contributed by atoms with Crippen LogP contribution in [-0.4, -0.2) is 48.6 Å². The monoisotopic (exact) mass is 485 g/mol. The normalized spacial score (nSPS) is 13.8. The van der Waals surface area contributed by atoms with Crippen molar-refractivity contribution >= 4 is 38.7 Å². The second kappa shape index (κ2) is 9.60. The van der Waals surface area contributed by atoms with Gasteiger partial charge in [-0.3, -0.25) is 4.72 Å². The molecule has 3 aromatic rings. The van der Waals surface area contributed by atoms with Crippen molar-refractivity contribution in [3.63, 3.8) is 0 Å². The summed E-state index contributed by atoms with van der Waals surface area (Å²) in [6, 6.07) is 8.58. The molecule has 0 spiro atoms. The molecule has 2 aromatic carbocycles. The number of anilines is 1. The highest BCUT2D eigenvalue weighted by Gasteiger charge is 2.26. The summed E-state index contributed by atoms with van der Waals surface area (Å²) in [5.41, 5.74) is 1.64. The van der Waals surface area contributed by atoms with E-state index in [2.05, 4.69) is 9.62 Å². The average Bonchev–Trinajstić information content (AvgIpc) is 3.37. The van der Waals surface area contributed by atoms with Crippen LogP contribution in [0.4, 0.5) is 10.1 Å².